The molecule has 39 heavy (non-hydrogen) atoms. The van der Waals surface area contributed by atoms with Gasteiger partial charge in [-0.3, -0.25) is 0 Å². The summed E-state index contributed by atoms with van der Waals surface area (Å²) in [6.07, 6.45) is 7.28. The predicted octanol–water partition coefficient (Wildman–Crippen LogP) is 7.80. The molecule has 1 saturated heterocycles. The van der Waals surface area contributed by atoms with E-state index >= 15 is 0 Å². The van der Waals surface area contributed by atoms with E-state index in [0.29, 0.717) is 0 Å². The van der Waals surface area contributed by atoms with Crippen molar-refractivity contribution in [2.75, 3.05) is 32.8 Å². The van der Waals surface area contributed by atoms with Crippen molar-refractivity contribution in [1.82, 2.24) is 9.47 Å². The summed E-state index contributed by atoms with van der Waals surface area (Å²) in [6, 6.07) is 22.4. The Bertz CT molecular complexity index is 1340. The molecule has 1 aliphatic heterocycles. The Morgan fingerprint density at radius 2 is 1.49 bits per heavy atom. The molecule has 1 fully saturated rings. The molecule has 1 N–H and O–H groups in total. The number of phenols is 1. The molecule has 0 spiro atoms. The summed E-state index contributed by atoms with van der Waals surface area (Å²) in [5.41, 5.74) is 5.86. The SMILES string of the molecule is CCCCOc1ccc2c(c1)c(C)c(-c1ccc(O)cc1)n2Cc1ccc(OCCCN2CCCCC2)cc1. The molecule has 0 amide bonds. The van der Waals surface area contributed by atoms with Crippen LogP contribution in [-0.4, -0.2) is 47.4 Å². The maximum atomic E-state index is 9.89. The minimum absolute atomic E-state index is 0.275. The van der Waals surface area contributed by atoms with Gasteiger partial charge >= 0.3 is 0 Å². The fraction of sp³-hybridized carbons (Fsp3) is 0.412. The molecule has 5 nitrogen and oxygen atoms in total. The highest BCUT2D eigenvalue weighted by Gasteiger charge is 2.17. The third-order valence-corrected chi connectivity index (χ3v) is 7.80. The molecule has 0 atom stereocenters. The number of phenolic OH excluding ortho intramolecular Hbond substituents is 1. The summed E-state index contributed by atoms with van der Waals surface area (Å²) >= 11 is 0. The van der Waals surface area contributed by atoms with E-state index in [2.05, 4.69) is 65.8 Å². The smallest absolute Gasteiger partial charge is 0.120 e. The van der Waals surface area contributed by atoms with E-state index in [1.165, 1.54) is 54.4 Å². The number of benzene rings is 3. The summed E-state index contributed by atoms with van der Waals surface area (Å²) in [5, 5.41) is 11.1. The van der Waals surface area contributed by atoms with Gasteiger partial charge in [-0.15, -0.1) is 0 Å². The molecule has 1 aromatic heterocycles. The Morgan fingerprint density at radius 3 is 2.23 bits per heavy atom. The van der Waals surface area contributed by atoms with Crippen molar-refractivity contribution in [3.63, 3.8) is 0 Å². The lowest BCUT2D eigenvalue weighted by Crippen LogP contribution is -2.31. The summed E-state index contributed by atoms with van der Waals surface area (Å²) in [7, 11) is 0. The average Bonchev–Trinajstić information content (AvgIpc) is 3.23. The van der Waals surface area contributed by atoms with Crippen LogP contribution in [0.4, 0.5) is 0 Å². The van der Waals surface area contributed by atoms with Crippen molar-refractivity contribution in [1.29, 1.82) is 0 Å². The average molecular weight is 527 g/mol. The number of aryl methyl sites for hydroxylation is 1. The second-order valence-corrected chi connectivity index (χ2v) is 10.7. The lowest BCUT2D eigenvalue weighted by molar-refractivity contribution is 0.205. The number of fused-ring (bicyclic) bond motifs is 1. The molecule has 0 unspecified atom stereocenters. The molecule has 5 heteroatoms. The van der Waals surface area contributed by atoms with Gasteiger partial charge in [0.1, 0.15) is 17.2 Å². The van der Waals surface area contributed by atoms with E-state index in [9.17, 15) is 5.11 Å². The zero-order chi connectivity index (χ0) is 27.0. The third-order valence-electron chi connectivity index (χ3n) is 7.80. The maximum Gasteiger partial charge on any atom is 0.120 e. The second-order valence-electron chi connectivity index (χ2n) is 10.7. The molecule has 0 aliphatic carbocycles. The van der Waals surface area contributed by atoms with Crippen molar-refractivity contribution >= 4 is 10.9 Å². The number of nitrogens with zero attached hydrogens (tertiary/aromatic N) is 2. The van der Waals surface area contributed by atoms with Crippen LogP contribution in [0.15, 0.2) is 66.7 Å². The molecule has 1 aliphatic rings. The molecule has 4 aromatic rings. The predicted molar refractivity (Wildman–Crippen MR) is 160 cm³/mol. The van der Waals surface area contributed by atoms with Gasteiger partial charge < -0.3 is 24.0 Å². The van der Waals surface area contributed by atoms with Gasteiger partial charge in [-0.05, 0) is 117 Å². The third kappa shape index (κ3) is 6.77. The fourth-order valence-electron chi connectivity index (χ4n) is 5.62. The molecule has 206 valence electrons. The van der Waals surface area contributed by atoms with Crippen molar-refractivity contribution in [2.24, 2.45) is 0 Å². The van der Waals surface area contributed by atoms with E-state index in [0.717, 1.165) is 68.3 Å². The van der Waals surface area contributed by atoms with Crippen molar-refractivity contribution in [2.45, 2.75) is 58.9 Å². The zero-order valence-corrected chi connectivity index (χ0v) is 23.5. The first kappa shape index (κ1) is 27.1. The minimum Gasteiger partial charge on any atom is -0.508 e. The first-order valence-electron chi connectivity index (χ1n) is 14.6. The summed E-state index contributed by atoms with van der Waals surface area (Å²) in [6.45, 7) is 10.2. The van der Waals surface area contributed by atoms with Crippen LogP contribution in [0.3, 0.4) is 0 Å². The summed E-state index contributed by atoms with van der Waals surface area (Å²) < 4.78 is 14.5. The van der Waals surface area contributed by atoms with E-state index in [-0.39, 0.29) is 5.75 Å². The number of likely N-dealkylation sites (tertiary alicyclic amines) is 1. The molecular weight excluding hydrogens is 484 g/mol. The number of rotatable bonds is 12. The van der Waals surface area contributed by atoms with Crippen LogP contribution in [0.1, 0.15) is 56.6 Å². The fourth-order valence-corrected chi connectivity index (χ4v) is 5.62. The summed E-state index contributed by atoms with van der Waals surface area (Å²) in [4.78, 5) is 2.56. The molecular formula is C34H42N2O3. The number of aromatic hydroxyl groups is 1. The van der Waals surface area contributed by atoms with Gasteiger partial charge in [-0.25, -0.2) is 0 Å². The Morgan fingerprint density at radius 1 is 0.795 bits per heavy atom. The first-order valence-corrected chi connectivity index (χ1v) is 14.6. The zero-order valence-electron chi connectivity index (χ0n) is 23.5. The normalized spacial score (nSPS) is 14.1. The van der Waals surface area contributed by atoms with Gasteiger partial charge in [0.25, 0.3) is 0 Å². The molecule has 2 heterocycles. The number of unbranched alkanes of at least 4 members (excludes halogenated alkanes) is 1. The van der Waals surface area contributed by atoms with Crippen LogP contribution in [0.5, 0.6) is 17.2 Å². The number of hydrogen-bond donors (Lipinski definition) is 1. The Balaban J connectivity index is 1.33. The van der Waals surface area contributed by atoms with Crippen LogP contribution in [0, 0.1) is 6.92 Å². The van der Waals surface area contributed by atoms with Crippen molar-refractivity contribution in [3.05, 3.63) is 77.9 Å². The largest absolute Gasteiger partial charge is 0.508 e. The summed E-state index contributed by atoms with van der Waals surface area (Å²) in [5.74, 6) is 2.12. The lowest BCUT2D eigenvalue weighted by Gasteiger charge is -2.26. The minimum atomic E-state index is 0.275. The van der Waals surface area contributed by atoms with Crippen LogP contribution < -0.4 is 9.47 Å². The molecule has 0 bridgehead atoms. The second kappa shape index (κ2) is 13.1. The number of piperidine rings is 1. The quantitative estimate of drug-likeness (QED) is 0.191. The van der Waals surface area contributed by atoms with E-state index in [1.54, 1.807) is 12.1 Å². The van der Waals surface area contributed by atoms with Gasteiger partial charge in [0.2, 0.25) is 0 Å². The molecule has 3 aromatic carbocycles. The van der Waals surface area contributed by atoms with Crippen LogP contribution in [-0.2, 0) is 6.54 Å². The molecule has 0 saturated carbocycles. The van der Waals surface area contributed by atoms with Gasteiger partial charge in [-0.1, -0.05) is 31.9 Å². The highest BCUT2D eigenvalue weighted by Crippen LogP contribution is 2.36. The van der Waals surface area contributed by atoms with Gasteiger partial charge in [-0.2, -0.15) is 0 Å². The Kier molecular flexibility index (Phi) is 9.10. The van der Waals surface area contributed by atoms with Crippen molar-refractivity contribution < 1.29 is 14.6 Å². The van der Waals surface area contributed by atoms with Crippen LogP contribution in [0.25, 0.3) is 22.2 Å². The lowest BCUT2D eigenvalue weighted by atomic mass is 10.1. The number of ether oxygens (including phenoxy) is 2. The molecule has 5 rings (SSSR count). The van der Waals surface area contributed by atoms with Gasteiger partial charge in [0.05, 0.1) is 18.9 Å². The highest BCUT2D eigenvalue weighted by atomic mass is 16.5. The topological polar surface area (TPSA) is 46.9 Å². The van der Waals surface area contributed by atoms with Gasteiger partial charge in [0.15, 0.2) is 0 Å². The molecule has 0 radical (unpaired) electrons. The van der Waals surface area contributed by atoms with Gasteiger partial charge in [0, 0.05) is 24.0 Å². The maximum absolute atomic E-state index is 9.89. The Labute approximate surface area is 233 Å². The van der Waals surface area contributed by atoms with Crippen LogP contribution in [0.2, 0.25) is 0 Å². The monoisotopic (exact) mass is 526 g/mol. The Hall–Kier alpha value is -3.44. The number of aromatic nitrogens is 1. The van der Waals surface area contributed by atoms with Crippen molar-refractivity contribution in [3.8, 4) is 28.5 Å². The number of hydrogen-bond acceptors (Lipinski definition) is 4. The van der Waals surface area contributed by atoms with Crippen LogP contribution >= 0.6 is 0 Å². The van der Waals surface area contributed by atoms with E-state index in [4.69, 9.17) is 9.47 Å². The van der Waals surface area contributed by atoms with E-state index < -0.39 is 0 Å². The van der Waals surface area contributed by atoms with E-state index in [1.807, 2.05) is 12.1 Å². The standard InChI is InChI=1S/C34H42N2O3/c1-3-4-22-39-31-17-18-33-32(24-31)26(2)34(28-11-13-29(37)14-12-28)36(33)25-27-9-15-30(16-10-27)38-23-8-21-35-19-6-5-7-20-35/h9-18,24,37H,3-8,19-23,25H2,1-2H3. The highest BCUT2D eigenvalue weighted by molar-refractivity contribution is 5.92. The first-order chi connectivity index (χ1) is 19.1.